The summed E-state index contributed by atoms with van der Waals surface area (Å²) in [5.74, 6) is 0.594. The smallest absolute Gasteiger partial charge is 0.269 e. The van der Waals surface area contributed by atoms with Gasteiger partial charge in [-0.25, -0.2) is 0 Å². The fourth-order valence-corrected chi connectivity index (χ4v) is 2.47. The zero-order valence-electron chi connectivity index (χ0n) is 10.8. The molecule has 1 unspecified atom stereocenters. The highest BCUT2D eigenvalue weighted by atomic mass is 35.5. The van der Waals surface area contributed by atoms with Gasteiger partial charge < -0.3 is 5.73 Å². The van der Waals surface area contributed by atoms with E-state index in [4.69, 9.17) is 5.73 Å². The molecule has 5 nitrogen and oxygen atoms in total. The van der Waals surface area contributed by atoms with Gasteiger partial charge >= 0.3 is 0 Å². The second-order valence-corrected chi connectivity index (χ2v) is 4.90. The predicted octanol–water partition coefficient (Wildman–Crippen LogP) is 2.19. The van der Waals surface area contributed by atoms with Crippen molar-refractivity contribution in [2.45, 2.75) is 19.4 Å². The number of nitrogens with two attached hydrogens (primary N) is 1. The molecule has 1 heterocycles. The van der Waals surface area contributed by atoms with Crippen LogP contribution >= 0.6 is 12.4 Å². The summed E-state index contributed by atoms with van der Waals surface area (Å²) >= 11 is 0. The molecule has 0 amide bonds. The number of nitro groups is 1. The van der Waals surface area contributed by atoms with Gasteiger partial charge in [-0.3, -0.25) is 15.0 Å². The second kappa shape index (κ2) is 7.43. The summed E-state index contributed by atoms with van der Waals surface area (Å²) in [6.45, 7) is 3.73. The van der Waals surface area contributed by atoms with Crippen LogP contribution < -0.4 is 5.73 Å². The van der Waals surface area contributed by atoms with E-state index in [1.807, 2.05) is 12.1 Å². The summed E-state index contributed by atoms with van der Waals surface area (Å²) in [6.07, 6.45) is 2.40. The van der Waals surface area contributed by atoms with Crippen molar-refractivity contribution in [1.29, 1.82) is 0 Å². The predicted molar refractivity (Wildman–Crippen MR) is 77.4 cm³/mol. The van der Waals surface area contributed by atoms with Crippen LogP contribution in [-0.2, 0) is 6.54 Å². The molecule has 0 aliphatic carbocycles. The first-order chi connectivity index (χ1) is 8.69. The van der Waals surface area contributed by atoms with Crippen molar-refractivity contribution >= 4 is 18.1 Å². The Kier molecular flexibility index (Phi) is 6.21. The zero-order chi connectivity index (χ0) is 13.0. The molecule has 0 spiro atoms. The first-order valence-electron chi connectivity index (χ1n) is 6.35. The Labute approximate surface area is 119 Å². The van der Waals surface area contributed by atoms with Crippen LogP contribution in [0.2, 0.25) is 0 Å². The topological polar surface area (TPSA) is 72.4 Å². The lowest BCUT2D eigenvalue weighted by Crippen LogP contribution is -2.37. The van der Waals surface area contributed by atoms with Crippen molar-refractivity contribution in [3.8, 4) is 0 Å². The number of piperidine rings is 1. The molecule has 6 heteroatoms. The SMILES string of the molecule is Cl.NCC1CCCN(Cc2ccc([N+](=O)[O-])cc2)C1. The van der Waals surface area contributed by atoms with E-state index in [1.165, 1.54) is 12.8 Å². The van der Waals surface area contributed by atoms with Gasteiger partial charge in [-0.15, -0.1) is 12.4 Å². The van der Waals surface area contributed by atoms with E-state index in [9.17, 15) is 10.1 Å². The molecule has 1 aromatic rings. The summed E-state index contributed by atoms with van der Waals surface area (Å²) in [5, 5.41) is 10.6. The van der Waals surface area contributed by atoms with E-state index in [0.717, 1.165) is 31.7 Å². The minimum Gasteiger partial charge on any atom is -0.330 e. The normalized spacial score (nSPS) is 19.7. The maximum Gasteiger partial charge on any atom is 0.269 e. The van der Waals surface area contributed by atoms with Crippen molar-refractivity contribution in [2.24, 2.45) is 11.7 Å². The summed E-state index contributed by atoms with van der Waals surface area (Å²) in [4.78, 5) is 12.6. The molecule has 1 atom stereocenters. The van der Waals surface area contributed by atoms with Crippen LogP contribution in [0.5, 0.6) is 0 Å². The number of likely N-dealkylation sites (tertiary alicyclic amines) is 1. The molecule has 2 rings (SSSR count). The first-order valence-corrected chi connectivity index (χ1v) is 6.35. The summed E-state index contributed by atoms with van der Waals surface area (Å²) in [5.41, 5.74) is 6.98. The van der Waals surface area contributed by atoms with Crippen LogP contribution in [0.3, 0.4) is 0 Å². The number of hydrogen-bond donors (Lipinski definition) is 1. The first kappa shape index (κ1) is 15.9. The highest BCUT2D eigenvalue weighted by Crippen LogP contribution is 2.19. The number of benzene rings is 1. The standard InChI is InChI=1S/C13H19N3O2.ClH/c14-8-12-2-1-7-15(10-12)9-11-3-5-13(6-4-11)16(17)18;/h3-6,12H,1-2,7-10,14H2;1H. The number of non-ortho nitro benzene ring substituents is 1. The van der Waals surface area contributed by atoms with Crippen LogP contribution in [0.25, 0.3) is 0 Å². The summed E-state index contributed by atoms with van der Waals surface area (Å²) in [7, 11) is 0. The van der Waals surface area contributed by atoms with Crippen molar-refractivity contribution in [1.82, 2.24) is 4.90 Å². The lowest BCUT2D eigenvalue weighted by molar-refractivity contribution is -0.384. The molecule has 1 saturated heterocycles. The lowest BCUT2D eigenvalue weighted by atomic mass is 9.98. The number of hydrogen-bond acceptors (Lipinski definition) is 4. The molecule has 1 fully saturated rings. The molecule has 19 heavy (non-hydrogen) atoms. The third-order valence-electron chi connectivity index (χ3n) is 3.49. The van der Waals surface area contributed by atoms with Gasteiger partial charge in [0.15, 0.2) is 0 Å². The van der Waals surface area contributed by atoms with Gasteiger partial charge in [0.1, 0.15) is 0 Å². The maximum absolute atomic E-state index is 10.6. The van der Waals surface area contributed by atoms with E-state index in [2.05, 4.69) is 4.90 Å². The quantitative estimate of drug-likeness (QED) is 0.680. The summed E-state index contributed by atoms with van der Waals surface area (Å²) in [6, 6.07) is 6.81. The average Bonchev–Trinajstić information content (AvgIpc) is 2.39. The minimum atomic E-state index is -0.366. The molecule has 0 bridgehead atoms. The Hall–Kier alpha value is -1.17. The molecule has 1 aliphatic heterocycles. The molecule has 1 aromatic carbocycles. The Morgan fingerprint density at radius 3 is 2.63 bits per heavy atom. The van der Waals surface area contributed by atoms with Crippen LogP contribution in [0, 0.1) is 16.0 Å². The fourth-order valence-electron chi connectivity index (χ4n) is 2.47. The Bertz CT molecular complexity index is 411. The Balaban J connectivity index is 0.00000180. The number of rotatable bonds is 4. The second-order valence-electron chi connectivity index (χ2n) is 4.90. The largest absolute Gasteiger partial charge is 0.330 e. The fraction of sp³-hybridized carbons (Fsp3) is 0.538. The maximum atomic E-state index is 10.6. The van der Waals surface area contributed by atoms with Crippen molar-refractivity contribution < 1.29 is 4.92 Å². The third kappa shape index (κ3) is 4.45. The van der Waals surface area contributed by atoms with E-state index < -0.39 is 0 Å². The summed E-state index contributed by atoms with van der Waals surface area (Å²) < 4.78 is 0. The van der Waals surface area contributed by atoms with Gasteiger partial charge in [0.25, 0.3) is 5.69 Å². The van der Waals surface area contributed by atoms with Gasteiger partial charge in [0.05, 0.1) is 4.92 Å². The van der Waals surface area contributed by atoms with Crippen LogP contribution in [0.4, 0.5) is 5.69 Å². The Morgan fingerprint density at radius 2 is 2.05 bits per heavy atom. The lowest BCUT2D eigenvalue weighted by Gasteiger charge is -2.32. The van der Waals surface area contributed by atoms with Crippen molar-refractivity contribution in [2.75, 3.05) is 19.6 Å². The van der Waals surface area contributed by atoms with Crippen molar-refractivity contribution in [3.63, 3.8) is 0 Å². The van der Waals surface area contributed by atoms with Crippen molar-refractivity contribution in [3.05, 3.63) is 39.9 Å². The highest BCUT2D eigenvalue weighted by Gasteiger charge is 2.18. The van der Waals surface area contributed by atoms with E-state index in [1.54, 1.807) is 12.1 Å². The molecule has 0 saturated carbocycles. The van der Waals surface area contributed by atoms with Crippen LogP contribution in [0.1, 0.15) is 18.4 Å². The van der Waals surface area contributed by atoms with Gasteiger partial charge in [0, 0.05) is 25.2 Å². The Morgan fingerprint density at radius 1 is 1.37 bits per heavy atom. The van der Waals surface area contributed by atoms with Crippen LogP contribution in [0.15, 0.2) is 24.3 Å². The molecular weight excluding hydrogens is 266 g/mol. The van der Waals surface area contributed by atoms with E-state index in [0.29, 0.717) is 5.92 Å². The average molecular weight is 286 g/mol. The van der Waals surface area contributed by atoms with Gasteiger partial charge in [0.2, 0.25) is 0 Å². The molecule has 0 radical (unpaired) electrons. The molecule has 1 aliphatic rings. The third-order valence-corrected chi connectivity index (χ3v) is 3.49. The number of halogens is 1. The number of nitro benzene ring substituents is 1. The molecular formula is C13H20ClN3O2. The zero-order valence-corrected chi connectivity index (χ0v) is 11.6. The van der Waals surface area contributed by atoms with Gasteiger partial charge in [-0.1, -0.05) is 12.1 Å². The van der Waals surface area contributed by atoms with E-state index >= 15 is 0 Å². The minimum absolute atomic E-state index is 0. The molecule has 0 aromatic heterocycles. The monoisotopic (exact) mass is 285 g/mol. The molecule has 2 N–H and O–H groups in total. The highest BCUT2D eigenvalue weighted by molar-refractivity contribution is 5.85. The number of nitrogens with zero attached hydrogens (tertiary/aromatic N) is 2. The van der Waals surface area contributed by atoms with Crippen LogP contribution in [-0.4, -0.2) is 29.5 Å². The van der Waals surface area contributed by atoms with Gasteiger partial charge in [-0.2, -0.15) is 0 Å². The molecule has 106 valence electrons. The van der Waals surface area contributed by atoms with Gasteiger partial charge in [-0.05, 0) is 37.4 Å². The van der Waals surface area contributed by atoms with E-state index in [-0.39, 0.29) is 23.0 Å².